The molecule has 0 saturated heterocycles. The lowest BCUT2D eigenvalue weighted by Crippen LogP contribution is -2.01. The molecule has 94 valence electrons. The smallest absolute Gasteiger partial charge is 0.113 e. The molecule has 2 aromatic carbocycles. The van der Waals surface area contributed by atoms with Crippen molar-refractivity contribution < 1.29 is 0 Å². The zero-order chi connectivity index (χ0) is 13.1. The minimum atomic E-state index is 0.749. The second kappa shape index (κ2) is 5.52. The van der Waals surface area contributed by atoms with Crippen LogP contribution in [0.25, 0.3) is 11.3 Å². The first kappa shape index (κ1) is 12.3. The van der Waals surface area contributed by atoms with Gasteiger partial charge in [-0.05, 0) is 34.2 Å². The van der Waals surface area contributed by atoms with Crippen LogP contribution in [0.15, 0.2) is 60.8 Å². The summed E-state index contributed by atoms with van der Waals surface area (Å²) in [6, 6.07) is 18.4. The van der Waals surface area contributed by atoms with Gasteiger partial charge in [0.25, 0.3) is 0 Å². The number of halogens is 1. The van der Waals surface area contributed by atoms with E-state index in [0.717, 1.165) is 17.8 Å². The molecule has 0 radical (unpaired) electrons. The third-order valence-corrected chi connectivity index (χ3v) is 3.95. The van der Waals surface area contributed by atoms with Gasteiger partial charge < -0.3 is 0 Å². The first-order chi connectivity index (χ1) is 9.33. The lowest BCUT2D eigenvalue weighted by Gasteiger charge is -2.03. The van der Waals surface area contributed by atoms with Crippen LogP contribution in [-0.4, -0.2) is 15.0 Å². The Labute approximate surface area is 125 Å². The van der Waals surface area contributed by atoms with E-state index < -0.39 is 0 Å². The molecule has 0 aliphatic heterocycles. The van der Waals surface area contributed by atoms with E-state index in [1.54, 1.807) is 0 Å². The molecular formula is C15H12IN3. The summed E-state index contributed by atoms with van der Waals surface area (Å²) in [5, 5.41) is 8.42. The second-order valence-corrected chi connectivity index (χ2v) is 5.42. The van der Waals surface area contributed by atoms with Crippen molar-refractivity contribution in [3.63, 3.8) is 0 Å². The predicted octanol–water partition coefficient (Wildman–Crippen LogP) is 3.60. The van der Waals surface area contributed by atoms with Crippen molar-refractivity contribution in [2.75, 3.05) is 0 Å². The first-order valence-corrected chi connectivity index (χ1v) is 7.10. The molecule has 0 aliphatic carbocycles. The van der Waals surface area contributed by atoms with Crippen LogP contribution >= 0.6 is 22.6 Å². The average molecular weight is 361 g/mol. The van der Waals surface area contributed by atoms with E-state index in [1.165, 1.54) is 9.13 Å². The molecular weight excluding hydrogens is 349 g/mol. The normalized spacial score (nSPS) is 10.6. The highest BCUT2D eigenvalue weighted by atomic mass is 127. The number of hydrogen-bond acceptors (Lipinski definition) is 2. The highest BCUT2D eigenvalue weighted by molar-refractivity contribution is 14.1. The summed E-state index contributed by atoms with van der Waals surface area (Å²) in [5.74, 6) is 0. The van der Waals surface area contributed by atoms with Crippen molar-refractivity contribution in [3.05, 3.63) is 69.9 Å². The van der Waals surface area contributed by atoms with E-state index >= 15 is 0 Å². The lowest BCUT2D eigenvalue weighted by molar-refractivity contribution is 0.648. The summed E-state index contributed by atoms with van der Waals surface area (Å²) in [7, 11) is 0. The maximum Gasteiger partial charge on any atom is 0.113 e. The van der Waals surface area contributed by atoms with Crippen LogP contribution in [0.5, 0.6) is 0 Å². The van der Waals surface area contributed by atoms with E-state index in [0.29, 0.717) is 0 Å². The molecule has 19 heavy (non-hydrogen) atoms. The highest BCUT2D eigenvalue weighted by Crippen LogP contribution is 2.17. The predicted molar refractivity (Wildman–Crippen MR) is 83.7 cm³/mol. The average Bonchev–Trinajstić information content (AvgIpc) is 2.91. The summed E-state index contributed by atoms with van der Waals surface area (Å²) in [6.45, 7) is 0.749. The van der Waals surface area contributed by atoms with Crippen molar-refractivity contribution >= 4 is 22.6 Å². The molecule has 3 aromatic rings. The number of aromatic nitrogens is 3. The topological polar surface area (TPSA) is 30.7 Å². The largest absolute Gasteiger partial charge is 0.247 e. The summed E-state index contributed by atoms with van der Waals surface area (Å²) in [4.78, 5) is 0. The summed E-state index contributed by atoms with van der Waals surface area (Å²) >= 11 is 2.34. The zero-order valence-electron chi connectivity index (χ0n) is 10.2. The van der Waals surface area contributed by atoms with Gasteiger partial charge in [-0.2, -0.15) is 0 Å². The molecule has 3 rings (SSSR count). The van der Waals surface area contributed by atoms with Crippen LogP contribution in [-0.2, 0) is 6.54 Å². The quantitative estimate of drug-likeness (QED) is 0.668. The van der Waals surface area contributed by atoms with Crippen molar-refractivity contribution in [2.24, 2.45) is 0 Å². The van der Waals surface area contributed by atoms with Gasteiger partial charge in [0.05, 0.1) is 12.7 Å². The lowest BCUT2D eigenvalue weighted by atomic mass is 10.2. The molecule has 0 amide bonds. The molecule has 0 atom stereocenters. The van der Waals surface area contributed by atoms with Crippen LogP contribution in [0.4, 0.5) is 0 Å². The highest BCUT2D eigenvalue weighted by Gasteiger charge is 2.05. The zero-order valence-corrected chi connectivity index (χ0v) is 12.4. The van der Waals surface area contributed by atoms with Gasteiger partial charge in [0, 0.05) is 9.13 Å². The third-order valence-electron chi connectivity index (χ3n) is 2.90. The fourth-order valence-corrected chi connectivity index (χ4v) is 2.48. The van der Waals surface area contributed by atoms with E-state index in [-0.39, 0.29) is 0 Å². The Morgan fingerprint density at radius 1 is 0.947 bits per heavy atom. The summed E-state index contributed by atoms with van der Waals surface area (Å²) in [6.07, 6.45) is 1.98. The van der Waals surface area contributed by atoms with Gasteiger partial charge in [-0.25, -0.2) is 4.68 Å². The van der Waals surface area contributed by atoms with Gasteiger partial charge in [-0.1, -0.05) is 53.7 Å². The maximum atomic E-state index is 4.22. The first-order valence-electron chi connectivity index (χ1n) is 6.02. The fraction of sp³-hybridized carbons (Fsp3) is 0.0667. The molecule has 0 fully saturated rings. The van der Waals surface area contributed by atoms with Crippen molar-refractivity contribution in [2.45, 2.75) is 6.54 Å². The molecule has 0 bridgehead atoms. The molecule has 0 N–H and O–H groups in total. The molecule has 1 heterocycles. The van der Waals surface area contributed by atoms with Crippen LogP contribution in [0.3, 0.4) is 0 Å². The Bertz CT molecular complexity index is 677. The Morgan fingerprint density at radius 2 is 1.68 bits per heavy atom. The number of hydrogen-bond donors (Lipinski definition) is 0. The van der Waals surface area contributed by atoms with Crippen molar-refractivity contribution in [1.82, 2.24) is 15.0 Å². The van der Waals surface area contributed by atoms with E-state index in [4.69, 9.17) is 0 Å². The molecule has 1 aromatic heterocycles. The maximum absolute atomic E-state index is 4.22. The Balaban J connectivity index is 1.85. The van der Waals surface area contributed by atoms with Gasteiger partial charge >= 0.3 is 0 Å². The van der Waals surface area contributed by atoms with Gasteiger partial charge in [-0.15, -0.1) is 5.10 Å². The molecule has 0 spiro atoms. The van der Waals surface area contributed by atoms with Gasteiger partial charge in [0.1, 0.15) is 5.69 Å². The van der Waals surface area contributed by atoms with E-state index in [2.05, 4.69) is 45.0 Å². The monoisotopic (exact) mass is 361 g/mol. The molecule has 0 aliphatic rings. The standard InChI is InChI=1S/C15H12IN3/c16-14-9-5-4-8-13(14)10-19-11-15(17-18-19)12-6-2-1-3-7-12/h1-9,11H,10H2. The van der Waals surface area contributed by atoms with Crippen LogP contribution < -0.4 is 0 Å². The van der Waals surface area contributed by atoms with Crippen LogP contribution in [0.1, 0.15) is 5.56 Å². The minimum Gasteiger partial charge on any atom is -0.247 e. The van der Waals surface area contributed by atoms with Gasteiger partial charge in [0.2, 0.25) is 0 Å². The fourth-order valence-electron chi connectivity index (χ4n) is 1.92. The Hall–Kier alpha value is -1.69. The van der Waals surface area contributed by atoms with Crippen molar-refractivity contribution in [3.8, 4) is 11.3 Å². The summed E-state index contributed by atoms with van der Waals surface area (Å²) in [5.41, 5.74) is 3.26. The van der Waals surface area contributed by atoms with Gasteiger partial charge in [-0.3, -0.25) is 0 Å². The van der Waals surface area contributed by atoms with E-state index in [9.17, 15) is 0 Å². The Kier molecular flexibility index (Phi) is 3.59. The van der Waals surface area contributed by atoms with Gasteiger partial charge in [0.15, 0.2) is 0 Å². The van der Waals surface area contributed by atoms with Crippen LogP contribution in [0.2, 0.25) is 0 Å². The van der Waals surface area contributed by atoms with Crippen molar-refractivity contribution in [1.29, 1.82) is 0 Å². The number of benzene rings is 2. The SMILES string of the molecule is Ic1ccccc1Cn1cc(-c2ccccc2)nn1. The number of nitrogens with zero attached hydrogens (tertiary/aromatic N) is 3. The summed E-state index contributed by atoms with van der Waals surface area (Å²) < 4.78 is 3.12. The number of rotatable bonds is 3. The molecule has 4 heteroatoms. The minimum absolute atomic E-state index is 0.749. The van der Waals surface area contributed by atoms with Crippen LogP contribution in [0, 0.1) is 3.57 Å². The third kappa shape index (κ3) is 2.84. The second-order valence-electron chi connectivity index (χ2n) is 4.26. The molecule has 0 saturated carbocycles. The van der Waals surface area contributed by atoms with E-state index in [1.807, 2.05) is 53.3 Å². The molecule has 0 unspecified atom stereocenters. The molecule has 3 nitrogen and oxygen atoms in total. The Morgan fingerprint density at radius 3 is 2.47 bits per heavy atom.